The SMILES string of the molecule is Cc1ccc(OCC2(C#N)CC(C)C2)cc1. The van der Waals surface area contributed by atoms with Gasteiger partial charge in [0.1, 0.15) is 12.4 Å². The maximum Gasteiger partial charge on any atom is 0.119 e. The van der Waals surface area contributed by atoms with Crippen LogP contribution in [0.4, 0.5) is 0 Å². The van der Waals surface area contributed by atoms with Gasteiger partial charge >= 0.3 is 0 Å². The summed E-state index contributed by atoms with van der Waals surface area (Å²) in [6, 6.07) is 10.4. The Hall–Kier alpha value is -1.49. The highest BCUT2D eigenvalue weighted by atomic mass is 16.5. The lowest BCUT2D eigenvalue weighted by atomic mass is 9.64. The van der Waals surface area contributed by atoms with Crippen molar-refractivity contribution in [2.24, 2.45) is 11.3 Å². The maximum atomic E-state index is 9.15. The van der Waals surface area contributed by atoms with E-state index in [9.17, 15) is 0 Å². The van der Waals surface area contributed by atoms with Crippen molar-refractivity contribution >= 4 is 0 Å². The number of hydrogen-bond acceptors (Lipinski definition) is 2. The molecule has 1 aromatic rings. The van der Waals surface area contributed by atoms with Gasteiger partial charge in [-0.25, -0.2) is 0 Å². The fourth-order valence-corrected chi connectivity index (χ4v) is 2.37. The fourth-order valence-electron chi connectivity index (χ4n) is 2.37. The van der Waals surface area contributed by atoms with Gasteiger partial charge in [0, 0.05) is 0 Å². The molecule has 0 atom stereocenters. The highest BCUT2D eigenvalue weighted by Crippen LogP contribution is 2.45. The second kappa shape index (κ2) is 4.17. The van der Waals surface area contributed by atoms with Crippen LogP contribution in [0.3, 0.4) is 0 Å². The molecule has 0 aliphatic heterocycles. The van der Waals surface area contributed by atoms with Gasteiger partial charge in [0.2, 0.25) is 0 Å². The molecule has 0 N–H and O–H groups in total. The van der Waals surface area contributed by atoms with E-state index < -0.39 is 0 Å². The summed E-state index contributed by atoms with van der Waals surface area (Å²) in [5.41, 5.74) is 0.990. The van der Waals surface area contributed by atoms with Crippen LogP contribution in [0.2, 0.25) is 0 Å². The van der Waals surface area contributed by atoms with Gasteiger partial charge in [-0.3, -0.25) is 0 Å². The van der Waals surface area contributed by atoms with Crippen LogP contribution in [-0.2, 0) is 0 Å². The molecule has 0 bridgehead atoms. The molecule has 0 radical (unpaired) electrons. The molecule has 1 saturated carbocycles. The highest BCUT2D eigenvalue weighted by Gasteiger charge is 2.43. The molecule has 2 nitrogen and oxygen atoms in total. The van der Waals surface area contributed by atoms with Gasteiger partial charge in [0.05, 0.1) is 11.5 Å². The summed E-state index contributed by atoms with van der Waals surface area (Å²) in [5, 5.41) is 9.15. The summed E-state index contributed by atoms with van der Waals surface area (Å²) < 4.78 is 5.68. The van der Waals surface area contributed by atoms with Crippen molar-refractivity contribution in [1.29, 1.82) is 5.26 Å². The third-order valence-corrected chi connectivity index (χ3v) is 3.25. The molecule has 0 saturated heterocycles. The van der Waals surface area contributed by atoms with E-state index in [1.165, 1.54) is 5.56 Å². The van der Waals surface area contributed by atoms with Crippen molar-refractivity contribution in [3.05, 3.63) is 29.8 Å². The molecule has 1 fully saturated rings. The second-order valence-corrected chi connectivity index (χ2v) is 5.01. The van der Waals surface area contributed by atoms with Crippen molar-refractivity contribution < 1.29 is 4.74 Å². The Morgan fingerprint density at radius 1 is 1.38 bits per heavy atom. The molecule has 84 valence electrons. The van der Waals surface area contributed by atoms with Crippen LogP contribution in [0, 0.1) is 29.6 Å². The molecule has 0 spiro atoms. The fraction of sp³-hybridized carbons (Fsp3) is 0.500. The molecular formula is C14H17NO. The zero-order valence-electron chi connectivity index (χ0n) is 9.86. The summed E-state index contributed by atoms with van der Waals surface area (Å²) in [5.74, 6) is 1.53. The Balaban J connectivity index is 1.92. The van der Waals surface area contributed by atoms with Gasteiger partial charge in [-0.05, 0) is 37.8 Å². The van der Waals surface area contributed by atoms with Gasteiger partial charge in [0.25, 0.3) is 0 Å². The van der Waals surface area contributed by atoms with Crippen LogP contribution in [0.5, 0.6) is 5.75 Å². The predicted octanol–water partition coefficient (Wildman–Crippen LogP) is 3.31. The Kier molecular flexibility index (Phi) is 2.87. The number of nitriles is 1. The van der Waals surface area contributed by atoms with Crippen molar-refractivity contribution in [2.45, 2.75) is 26.7 Å². The van der Waals surface area contributed by atoms with Crippen molar-refractivity contribution in [2.75, 3.05) is 6.61 Å². The lowest BCUT2D eigenvalue weighted by molar-refractivity contribution is 0.0658. The largest absolute Gasteiger partial charge is 0.492 e. The highest BCUT2D eigenvalue weighted by molar-refractivity contribution is 5.26. The monoisotopic (exact) mass is 215 g/mol. The normalized spacial score (nSPS) is 27.9. The number of rotatable bonds is 3. The van der Waals surface area contributed by atoms with Crippen LogP contribution in [0.1, 0.15) is 25.3 Å². The van der Waals surface area contributed by atoms with E-state index in [2.05, 4.69) is 13.0 Å². The average molecular weight is 215 g/mol. The smallest absolute Gasteiger partial charge is 0.119 e. The second-order valence-electron chi connectivity index (χ2n) is 5.01. The first-order valence-electron chi connectivity index (χ1n) is 5.74. The van der Waals surface area contributed by atoms with E-state index in [1.54, 1.807) is 0 Å². The molecular weight excluding hydrogens is 198 g/mol. The number of benzene rings is 1. The molecule has 1 aliphatic rings. The molecule has 1 aromatic carbocycles. The number of aryl methyl sites for hydroxylation is 1. The summed E-state index contributed by atoms with van der Waals surface area (Å²) in [6.07, 6.45) is 1.94. The van der Waals surface area contributed by atoms with E-state index in [4.69, 9.17) is 10.00 Å². The van der Waals surface area contributed by atoms with Crippen LogP contribution in [-0.4, -0.2) is 6.61 Å². The van der Waals surface area contributed by atoms with Crippen LogP contribution >= 0.6 is 0 Å². The summed E-state index contributed by atoms with van der Waals surface area (Å²) in [4.78, 5) is 0. The van der Waals surface area contributed by atoms with Crippen molar-refractivity contribution in [1.82, 2.24) is 0 Å². The molecule has 2 rings (SSSR count). The van der Waals surface area contributed by atoms with Gasteiger partial charge < -0.3 is 4.74 Å². The van der Waals surface area contributed by atoms with Crippen LogP contribution in [0.25, 0.3) is 0 Å². The molecule has 0 unspecified atom stereocenters. The van der Waals surface area contributed by atoms with Gasteiger partial charge in [0.15, 0.2) is 0 Å². The van der Waals surface area contributed by atoms with Crippen LogP contribution in [0.15, 0.2) is 24.3 Å². The Bertz CT molecular complexity index is 396. The van der Waals surface area contributed by atoms with E-state index in [1.807, 2.05) is 31.2 Å². The number of hydrogen-bond donors (Lipinski definition) is 0. The van der Waals surface area contributed by atoms with Crippen molar-refractivity contribution in [3.63, 3.8) is 0 Å². The molecule has 0 amide bonds. The predicted molar refractivity (Wildman–Crippen MR) is 63.1 cm³/mol. The molecule has 2 heteroatoms. The van der Waals surface area contributed by atoms with E-state index in [-0.39, 0.29) is 5.41 Å². The van der Waals surface area contributed by atoms with Crippen molar-refractivity contribution in [3.8, 4) is 11.8 Å². The third kappa shape index (κ3) is 2.19. The summed E-state index contributed by atoms with van der Waals surface area (Å²) in [7, 11) is 0. The Morgan fingerprint density at radius 2 is 2.00 bits per heavy atom. The quantitative estimate of drug-likeness (QED) is 0.775. The lowest BCUT2D eigenvalue weighted by Gasteiger charge is -2.40. The van der Waals surface area contributed by atoms with Gasteiger partial charge in [-0.2, -0.15) is 5.26 Å². The first-order chi connectivity index (χ1) is 7.63. The van der Waals surface area contributed by atoms with Gasteiger partial charge in [-0.1, -0.05) is 24.6 Å². The molecule has 1 aliphatic carbocycles. The number of ether oxygens (including phenoxy) is 1. The maximum absolute atomic E-state index is 9.15. The third-order valence-electron chi connectivity index (χ3n) is 3.25. The summed E-state index contributed by atoms with van der Waals surface area (Å²) in [6.45, 7) is 4.76. The first-order valence-corrected chi connectivity index (χ1v) is 5.74. The zero-order valence-corrected chi connectivity index (χ0v) is 9.86. The number of nitrogens with zero attached hydrogens (tertiary/aromatic N) is 1. The Labute approximate surface area is 96.9 Å². The van der Waals surface area contributed by atoms with E-state index >= 15 is 0 Å². The average Bonchev–Trinajstić information content (AvgIpc) is 2.25. The zero-order chi connectivity index (χ0) is 11.6. The lowest BCUT2D eigenvalue weighted by Crippen LogP contribution is -2.39. The van der Waals surface area contributed by atoms with Crippen LogP contribution < -0.4 is 4.74 Å². The molecule has 0 heterocycles. The minimum atomic E-state index is -0.232. The van der Waals surface area contributed by atoms with E-state index in [0.717, 1.165) is 18.6 Å². The Morgan fingerprint density at radius 3 is 2.50 bits per heavy atom. The minimum absolute atomic E-state index is 0.232. The minimum Gasteiger partial charge on any atom is -0.492 e. The topological polar surface area (TPSA) is 33.0 Å². The van der Waals surface area contributed by atoms with E-state index in [0.29, 0.717) is 12.5 Å². The first kappa shape index (κ1) is 11.0. The molecule has 0 aromatic heterocycles. The molecule has 16 heavy (non-hydrogen) atoms. The standard InChI is InChI=1S/C14H17NO/c1-11-3-5-13(6-4-11)16-10-14(9-15)7-12(2)8-14/h3-6,12H,7-8,10H2,1-2H3. The summed E-state index contributed by atoms with van der Waals surface area (Å²) >= 11 is 0. The van der Waals surface area contributed by atoms with Gasteiger partial charge in [-0.15, -0.1) is 0 Å².